The Labute approximate surface area is 111 Å². The Balaban J connectivity index is 2.31. The van der Waals surface area contributed by atoms with Crippen LogP contribution in [-0.2, 0) is 6.54 Å². The molecule has 19 heavy (non-hydrogen) atoms. The Bertz CT molecular complexity index is 715. The number of rotatable bonds is 3. The van der Waals surface area contributed by atoms with Crippen LogP contribution in [0.25, 0.3) is 22.2 Å². The van der Waals surface area contributed by atoms with E-state index in [0.29, 0.717) is 6.54 Å². The molecule has 0 aliphatic carbocycles. The number of benzene rings is 1. The Morgan fingerprint density at radius 3 is 2.84 bits per heavy atom. The van der Waals surface area contributed by atoms with Gasteiger partial charge >= 0.3 is 0 Å². The molecule has 0 unspecified atom stereocenters. The first-order valence-electron chi connectivity index (χ1n) is 6.27. The number of H-pyrrole nitrogens is 1. The summed E-state index contributed by atoms with van der Waals surface area (Å²) < 4.78 is 0. The highest BCUT2D eigenvalue weighted by molar-refractivity contribution is 5.95. The van der Waals surface area contributed by atoms with Crippen molar-refractivity contribution in [3.8, 4) is 11.1 Å². The predicted octanol–water partition coefficient (Wildman–Crippen LogP) is 2.73. The summed E-state index contributed by atoms with van der Waals surface area (Å²) in [5.74, 6) is 0.844. The highest BCUT2D eigenvalue weighted by Crippen LogP contribution is 2.31. The average molecular weight is 252 g/mol. The van der Waals surface area contributed by atoms with E-state index in [1.807, 2.05) is 31.4 Å². The van der Waals surface area contributed by atoms with Gasteiger partial charge in [-0.25, -0.2) is 4.98 Å². The van der Waals surface area contributed by atoms with Gasteiger partial charge in [0.05, 0.1) is 0 Å². The minimum Gasteiger partial charge on any atom is -0.373 e. The molecule has 0 fully saturated rings. The van der Waals surface area contributed by atoms with E-state index >= 15 is 0 Å². The van der Waals surface area contributed by atoms with Crippen LogP contribution in [0.1, 0.15) is 5.56 Å². The molecule has 0 atom stereocenters. The lowest BCUT2D eigenvalue weighted by Gasteiger charge is -2.10. The summed E-state index contributed by atoms with van der Waals surface area (Å²) in [7, 11) is 1.87. The van der Waals surface area contributed by atoms with Crippen molar-refractivity contribution >= 4 is 16.9 Å². The third kappa shape index (κ3) is 1.96. The fourth-order valence-corrected chi connectivity index (χ4v) is 2.35. The number of hydrogen-bond donors (Lipinski definition) is 3. The third-order valence-electron chi connectivity index (χ3n) is 3.31. The molecule has 4 heteroatoms. The lowest BCUT2D eigenvalue weighted by molar-refractivity contribution is 1.07. The standard InChI is InChI=1S/C15H16N4/c1-17-14-8-13(12-6-7-18-15(12)19-14)11-5-3-2-4-10(11)9-16/h2-8H,9,16H2,1H3,(H2,17,18,19). The second-order valence-corrected chi connectivity index (χ2v) is 4.41. The molecular formula is C15H16N4. The number of anilines is 1. The van der Waals surface area contributed by atoms with E-state index in [1.165, 1.54) is 0 Å². The molecular weight excluding hydrogens is 236 g/mol. The van der Waals surface area contributed by atoms with E-state index in [4.69, 9.17) is 5.73 Å². The van der Waals surface area contributed by atoms with Crippen molar-refractivity contribution in [3.63, 3.8) is 0 Å². The van der Waals surface area contributed by atoms with Crippen LogP contribution in [0.5, 0.6) is 0 Å². The molecule has 96 valence electrons. The Hall–Kier alpha value is -2.33. The van der Waals surface area contributed by atoms with Gasteiger partial charge in [-0.05, 0) is 28.8 Å². The summed E-state index contributed by atoms with van der Waals surface area (Å²) in [6.07, 6.45) is 1.91. The third-order valence-corrected chi connectivity index (χ3v) is 3.31. The molecule has 4 nitrogen and oxygen atoms in total. The normalized spacial score (nSPS) is 10.8. The van der Waals surface area contributed by atoms with Gasteiger partial charge in [0.15, 0.2) is 0 Å². The fourth-order valence-electron chi connectivity index (χ4n) is 2.35. The lowest BCUT2D eigenvalue weighted by atomic mass is 9.98. The van der Waals surface area contributed by atoms with Crippen LogP contribution < -0.4 is 11.1 Å². The Morgan fingerprint density at radius 2 is 2.05 bits per heavy atom. The van der Waals surface area contributed by atoms with Crippen molar-refractivity contribution in [3.05, 3.63) is 48.2 Å². The largest absolute Gasteiger partial charge is 0.373 e. The van der Waals surface area contributed by atoms with Crippen LogP contribution in [0.4, 0.5) is 5.82 Å². The Kier molecular flexibility index (Phi) is 2.93. The van der Waals surface area contributed by atoms with Crippen molar-refractivity contribution in [2.45, 2.75) is 6.54 Å². The van der Waals surface area contributed by atoms with Crippen LogP contribution in [0.2, 0.25) is 0 Å². The molecule has 0 saturated heterocycles. The first-order valence-corrected chi connectivity index (χ1v) is 6.27. The number of nitrogens with zero attached hydrogens (tertiary/aromatic N) is 1. The van der Waals surface area contributed by atoms with Crippen molar-refractivity contribution in [1.82, 2.24) is 9.97 Å². The van der Waals surface area contributed by atoms with E-state index in [2.05, 4.69) is 33.5 Å². The van der Waals surface area contributed by atoms with Crippen molar-refractivity contribution in [2.24, 2.45) is 5.73 Å². The molecule has 0 spiro atoms. The smallest absolute Gasteiger partial charge is 0.140 e. The minimum absolute atomic E-state index is 0.527. The first-order chi connectivity index (χ1) is 9.33. The van der Waals surface area contributed by atoms with Crippen molar-refractivity contribution < 1.29 is 0 Å². The van der Waals surface area contributed by atoms with Gasteiger partial charge < -0.3 is 16.0 Å². The number of aromatic nitrogens is 2. The van der Waals surface area contributed by atoms with Crippen LogP contribution in [0.3, 0.4) is 0 Å². The maximum absolute atomic E-state index is 5.84. The van der Waals surface area contributed by atoms with Crippen LogP contribution in [-0.4, -0.2) is 17.0 Å². The summed E-state index contributed by atoms with van der Waals surface area (Å²) in [5.41, 5.74) is 10.2. The zero-order chi connectivity index (χ0) is 13.2. The van der Waals surface area contributed by atoms with E-state index < -0.39 is 0 Å². The van der Waals surface area contributed by atoms with Crippen LogP contribution >= 0.6 is 0 Å². The topological polar surface area (TPSA) is 66.7 Å². The van der Waals surface area contributed by atoms with E-state index in [-0.39, 0.29) is 0 Å². The molecule has 0 aliphatic heterocycles. The molecule has 0 amide bonds. The molecule has 3 aromatic rings. The SMILES string of the molecule is CNc1cc(-c2ccccc2CN)c2cc[nH]c2n1. The number of aromatic amines is 1. The van der Waals surface area contributed by atoms with E-state index in [1.54, 1.807) is 0 Å². The number of fused-ring (bicyclic) bond motifs is 1. The number of pyridine rings is 1. The average Bonchev–Trinajstić information content (AvgIpc) is 2.94. The van der Waals surface area contributed by atoms with Gasteiger partial charge in [0.1, 0.15) is 11.5 Å². The molecule has 2 aromatic heterocycles. The lowest BCUT2D eigenvalue weighted by Crippen LogP contribution is -2.00. The number of nitrogens with two attached hydrogens (primary N) is 1. The van der Waals surface area contributed by atoms with Crippen molar-refractivity contribution in [1.29, 1.82) is 0 Å². The number of nitrogens with one attached hydrogen (secondary N) is 2. The molecule has 1 aromatic carbocycles. The summed E-state index contributed by atoms with van der Waals surface area (Å²) in [5, 5.41) is 4.21. The van der Waals surface area contributed by atoms with Crippen molar-refractivity contribution in [2.75, 3.05) is 12.4 Å². The molecule has 2 heterocycles. The van der Waals surface area contributed by atoms with E-state index in [9.17, 15) is 0 Å². The van der Waals surface area contributed by atoms with Gasteiger partial charge in [-0.1, -0.05) is 24.3 Å². The predicted molar refractivity (Wildman–Crippen MR) is 79.0 cm³/mol. The Morgan fingerprint density at radius 1 is 1.21 bits per heavy atom. The molecule has 0 radical (unpaired) electrons. The highest BCUT2D eigenvalue weighted by Gasteiger charge is 2.10. The van der Waals surface area contributed by atoms with Gasteiger partial charge in [-0.15, -0.1) is 0 Å². The van der Waals surface area contributed by atoms with Gasteiger partial charge in [-0.3, -0.25) is 0 Å². The summed E-state index contributed by atoms with van der Waals surface area (Å²) in [4.78, 5) is 7.66. The summed E-state index contributed by atoms with van der Waals surface area (Å²) in [6.45, 7) is 0.527. The van der Waals surface area contributed by atoms with Crippen LogP contribution in [0, 0.1) is 0 Å². The monoisotopic (exact) mass is 252 g/mol. The van der Waals surface area contributed by atoms with E-state index in [0.717, 1.165) is 33.5 Å². The summed E-state index contributed by atoms with van der Waals surface area (Å²) in [6, 6.07) is 12.3. The number of hydrogen-bond acceptors (Lipinski definition) is 3. The minimum atomic E-state index is 0.527. The fraction of sp³-hybridized carbons (Fsp3) is 0.133. The maximum atomic E-state index is 5.84. The van der Waals surface area contributed by atoms with Crippen LogP contribution in [0.15, 0.2) is 42.6 Å². The van der Waals surface area contributed by atoms with Gasteiger partial charge in [0.2, 0.25) is 0 Å². The first kappa shape index (κ1) is 11.7. The molecule has 0 bridgehead atoms. The van der Waals surface area contributed by atoms with Gasteiger partial charge in [-0.2, -0.15) is 0 Å². The summed E-state index contributed by atoms with van der Waals surface area (Å²) >= 11 is 0. The maximum Gasteiger partial charge on any atom is 0.140 e. The highest BCUT2D eigenvalue weighted by atomic mass is 15.0. The second kappa shape index (κ2) is 4.74. The molecule has 3 rings (SSSR count). The van der Waals surface area contributed by atoms with Gasteiger partial charge in [0, 0.05) is 25.2 Å². The second-order valence-electron chi connectivity index (χ2n) is 4.41. The molecule has 0 aliphatic rings. The quantitative estimate of drug-likeness (QED) is 0.671. The zero-order valence-corrected chi connectivity index (χ0v) is 10.8. The molecule has 4 N–H and O–H groups in total. The zero-order valence-electron chi connectivity index (χ0n) is 10.8. The van der Waals surface area contributed by atoms with Gasteiger partial charge in [0.25, 0.3) is 0 Å². The molecule has 0 saturated carbocycles.